The van der Waals surface area contributed by atoms with Crippen molar-refractivity contribution in [2.24, 2.45) is 5.92 Å². The van der Waals surface area contributed by atoms with E-state index < -0.39 is 6.04 Å². The molecule has 0 aliphatic carbocycles. The van der Waals surface area contributed by atoms with Gasteiger partial charge in [0.2, 0.25) is 11.7 Å². The monoisotopic (exact) mass is 390 g/mol. The summed E-state index contributed by atoms with van der Waals surface area (Å²) < 4.78 is 0. The number of carbonyl (C=O) groups is 1. The van der Waals surface area contributed by atoms with E-state index in [-0.39, 0.29) is 5.91 Å². The number of tetrazole rings is 1. The number of carbonyl (C=O) groups excluding carboxylic acids is 1. The van der Waals surface area contributed by atoms with Crippen LogP contribution in [-0.4, -0.2) is 57.2 Å². The lowest BCUT2D eigenvalue weighted by molar-refractivity contribution is -0.137. The van der Waals surface area contributed by atoms with Crippen LogP contribution in [0.25, 0.3) is 11.4 Å². The summed E-state index contributed by atoms with van der Waals surface area (Å²) >= 11 is 5.93. The molecule has 1 saturated heterocycles. The molecule has 1 aromatic heterocycles. The number of hydrogen-bond acceptors (Lipinski definition) is 5. The van der Waals surface area contributed by atoms with E-state index in [0.717, 1.165) is 44.6 Å². The predicted molar refractivity (Wildman–Crippen MR) is 105 cm³/mol. The van der Waals surface area contributed by atoms with Crippen LogP contribution in [0.2, 0.25) is 5.02 Å². The van der Waals surface area contributed by atoms with Crippen molar-refractivity contribution >= 4 is 17.5 Å². The summed E-state index contributed by atoms with van der Waals surface area (Å²) in [6.07, 6.45) is 2.71. The Bertz CT molecular complexity index is 739. The molecule has 1 unspecified atom stereocenters. The topological polar surface area (TPSA) is 75.9 Å². The Morgan fingerprint density at radius 2 is 1.96 bits per heavy atom. The van der Waals surface area contributed by atoms with Crippen LogP contribution in [0, 0.1) is 5.92 Å². The van der Waals surface area contributed by atoms with E-state index in [1.807, 2.05) is 24.0 Å². The number of halogens is 1. The van der Waals surface area contributed by atoms with Gasteiger partial charge in [0.1, 0.15) is 0 Å². The number of piperidine rings is 1. The molecule has 3 rings (SSSR count). The quantitative estimate of drug-likeness (QED) is 0.786. The fraction of sp³-hybridized carbons (Fsp3) is 0.579. The lowest BCUT2D eigenvalue weighted by Crippen LogP contribution is -2.44. The molecule has 1 aliphatic heterocycles. The second-order valence-corrected chi connectivity index (χ2v) is 7.38. The van der Waals surface area contributed by atoms with E-state index in [2.05, 4.69) is 27.7 Å². The van der Waals surface area contributed by atoms with Crippen molar-refractivity contribution in [2.45, 2.75) is 39.2 Å². The minimum atomic E-state index is -0.413. The Balaban J connectivity index is 1.65. The van der Waals surface area contributed by atoms with Gasteiger partial charge in [0, 0.05) is 23.7 Å². The van der Waals surface area contributed by atoms with Crippen molar-refractivity contribution in [3.05, 3.63) is 29.3 Å². The number of aromatic nitrogens is 4. The molecular weight excluding hydrogens is 364 g/mol. The van der Waals surface area contributed by atoms with Crippen LogP contribution in [-0.2, 0) is 4.79 Å². The van der Waals surface area contributed by atoms with Gasteiger partial charge in [-0.3, -0.25) is 4.79 Å². The van der Waals surface area contributed by atoms with Gasteiger partial charge < -0.3 is 10.2 Å². The lowest BCUT2D eigenvalue weighted by atomic mass is 9.96. The fourth-order valence-corrected chi connectivity index (χ4v) is 3.55. The maximum absolute atomic E-state index is 13.0. The molecule has 2 heterocycles. The third kappa shape index (κ3) is 4.84. The molecule has 1 N–H and O–H groups in total. The zero-order valence-corrected chi connectivity index (χ0v) is 16.7. The second-order valence-electron chi connectivity index (χ2n) is 6.94. The van der Waals surface area contributed by atoms with E-state index >= 15 is 0 Å². The summed E-state index contributed by atoms with van der Waals surface area (Å²) in [5, 5.41) is 16.8. The molecule has 1 amide bonds. The van der Waals surface area contributed by atoms with Gasteiger partial charge >= 0.3 is 0 Å². The normalized spacial score (nSPS) is 16.5. The molecule has 0 radical (unpaired) electrons. The van der Waals surface area contributed by atoms with Crippen molar-refractivity contribution < 1.29 is 4.79 Å². The molecule has 1 atom stereocenters. The highest BCUT2D eigenvalue weighted by molar-refractivity contribution is 6.30. The molecule has 2 aromatic rings. The Labute approximate surface area is 165 Å². The fourth-order valence-electron chi connectivity index (χ4n) is 3.43. The molecular formula is C19H27ClN6O. The second kappa shape index (κ2) is 9.28. The first-order valence-electron chi connectivity index (χ1n) is 9.67. The van der Waals surface area contributed by atoms with Crippen LogP contribution in [0.4, 0.5) is 0 Å². The van der Waals surface area contributed by atoms with Crippen LogP contribution in [0.1, 0.15) is 39.2 Å². The molecule has 1 aliphatic rings. The molecule has 1 fully saturated rings. The van der Waals surface area contributed by atoms with Gasteiger partial charge in [0.25, 0.3) is 0 Å². The number of likely N-dealkylation sites (tertiary alicyclic amines) is 1. The SMILES string of the molecule is CCNCC1CCN(C(=O)C(CC)n2nnc(-c3ccc(Cl)cc3)n2)CC1. The average Bonchev–Trinajstić information content (AvgIpc) is 3.17. The van der Waals surface area contributed by atoms with E-state index in [1.165, 1.54) is 4.80 Å². The van der Waals surface area contributed by atoms with Crippen LogP contribution < -0.4 is 5.32 Å². The lowest BCUT2D eigenvalue weighted by Gasteiger charge is -2.33. The highest BCUT2D eigenvalue weighted by Crippen LogP contribution is 2.22. The summed E-state index contributed by atoms with van der Waals surface area (Å²) in [4.78, 5) is 16.4. The maximum atomic E-state index is 13.0. The van der Waals surface area contributed by atoms with Gasteiger partial charge in [-0.1, -0.05) is 25.4 Å². The third-order valence-corrected chi connectivity index (χ3v) is 5.34. The highest BCUT2D eigenvalue weighted by Gasteiger charge is 2.30. The van der Waals surface area contributed by atoms with Crippen LogP contribution in [0.15, 0.2) is 24.3 Å². The van der Waals surface area contributed by atoms with Crippen molar-refractivity contribution in [2.75, 3.05) is 26.2 Å². The van der Waals surface area contributed by atoms with Crippen molar-refractivity contribution in [3.63, 3.8) is 0 Å². The number of hydrogen-bond donors (Lipinski definition) is 1. The molecule has 7 nitrogen and oxygen atoms in total. The number of rotatable bonds is 7. The molecule has 1 aromatic carbocycles. The molecule has 27 heavy (non-hydrogen) atoms. The van der Waals surface area contributed by atoms with Gasteiger partial charge in [-0.25, -0.2) is 0 Å². The molecule has 0 spiro atoms. The average molecular weight is 391 g/mol. The molecule has 146 valence electrons. The summed E-state index contributed by atoms with van der Waals surface area (Å²) in [7, 11) is 0. The van der Waals surface area contributed by atoms with Crippen molar-refractivity contribution in [3.8, 4) is 11.4 Å². The number of amides is 1. The largest absolute Gasteiger partial charge is 0.341 e. The Morgan fingerprint density at radius 1 is 1.26 bits per heavy atom. The van der Waals surface area contributed by atoms with Crippen molar-refractivity contribution in [1.82, 2.24) is 30.4 Å². The maximum Gasteiger partial charge on any atom is 0.249 e. The zero-order valence-electron chi connectivity index (χ0n) is 15.9. The van der Waals surface area contributed by atoms with E-state index in [9.17, 15) is 4.79 Å². The number of nitrogens with one attached hydrogen (secondary N) is 1. The van der Waals surface area contributed by atoms with Gasteiger partial charge in [0.05, 0.1) is 0 Å². The number of nitrogens with zero attached hydrogens (tertiary/aromatic N) is 5. The minimum Gasteiger partial charge on any atom is -0.341 e. The molecule has 0 bridgehead atoms. The summed E-state index contributed by atoms with van der Waals surface area (Å²) in [5.41, 5.74) is 0.831. The van der Waals surface area contributed by atoms with Gasteiger partial charge in [0.15, 0.2) is 6.04 Å². The van der Waals surface area contributed by atoms with Gasteiger partial charge in [-0.15, -0.1) is 10.2 Å². The third-order valence-electron chi connectivity index (χ3n) is 5.09. The first-order chi connectivity index (χ1) is 13.1. The first kappa shape index (κ1) is 19.8. The van der Waals surface area contributed by atoms with Crippen LogP contribution >= 0.6 is 11.6 Å². The Morgan fingerprint density at radius 3 is 2.59 bits per heavy atom. The molecule has 8 heteroatoms. The van der Waals surface area contributed by atoms with E-state index in [4.69, 9.17) is 11.6 Å². The minimum absolute atomic E-state index is 0.0828. The highest BCUT2D eigenvalue weighted by atomic mass is 35.5. The standard InChI is InChI=1S/C19H27ClN6O/c1-3-17(19(27)25-11-9-14(10-12-25)13-21-4-2)26-23-18(22-24-26)15-5-7-16(20)8-6-15/h5-8,14,17,21H,3-4,9-13H2,1-2H3. The van der Waals surface area contributed by atoms with E-state index in [0.29, 0.717) is 23.2 Å². The summed E-state index contributed by atoms with van der Waals surface area (Å²) in [5.74, 6) is 1.23. The Kier molecular flexibility index (Phi) is 6.79. The number of benzene rings is 1. The zero-order chi connectivity index (χ0) is 19.2. The summed E-state index contributed by atoms with van der Waals surface area (Å²) in [6.45, 7) is 7.71. The Hall–Kier alpha value is -1.99. The van der Waals surface area contributed by atoms with E-state index in [1.54, 1.807) is 12.1 Å². The summed E-state index contributed by atoms with van der Waals surface area (Å²) in [6, 6.07) is 6.86. The molecule has 0 saturated carbocycles. The van der Waals surface area contributed by atoms with Crippen LogP contribution in [0.3, 0.4) is 0 Å². The smallest absolute Gasteiger partial charge is 0.249 e. The first-order valence-corrected chi connectivity index (χ1v) is 10.0. The van der Waals surface area contributed by atoms with Gasteiger partial charge in [-0.2, -0.15) is 4.80 Å². The predicted octanol–water partition coefficient (Wildman–Crippen LogP) is 2.79. The van der Waals surface area contributed by atoms with Crippen LogP contribution in [0.5, 0.6) is 0 Å². The van der Waals surface area contributed by atoms with Crippen molar-refractivity contribution in [1.29, 1.82) is 0 Å². The van der Waals surface area contributed by atoms with Gasteiger partial charge in [-0.05, 0) is 67.7 Å².